The molecule has 0 radical (unpaired) electrons. The molecule has 2 aromatic heterocycles. The van der Waals surface area contributed by atoms with Crippen LogP contribution in [0.5, 0.6) is 0 Å². The lowest BCUT2D eigenvalue weighted by Gasteiger charge is -2.02. The van der Waals surface area contributed by atoms with Crippen LogP contribution in [0.2, 0.25) is 0 Å². The Morgan fingerprint density at radius 2 is 2.00 bits per heavy atom. The predicted molar refractivity (Wildman–Crippen MR) is 105 cm³/mol. The largest absolute Gasteiger partial charge is 0.355 e. The Hall–Kier alpha value is -2.52. The second kappa shape index (κ2) is 8.01. The first-order chi connectivity index (χ1) is 12.9. The van der Waals surface area contributed by atoms with Crippen molar-refractivity contribution in [3.8, 4) is 0 Å². The van der Waals surface area contributed by atoms with E-state index in [9.17, 15) is 14.0 Å². The molecule has 0 saturated heterocycles. The fourth-order valence-corrected chi connectivity index (χ4v) is 4.39. The number of thioether (sulfide) groups is 1. The third-order valence-electron chi connectivity index (χ3n) is 3.92. The number of ketones is 2. The van der Waals surface area contributed by atoms with Crippen molar-refractivity contribution in [3.05, 3.63) is 52.6 Å². The van der Waals surface area contributed by atoms with Gasteiger partial charge in [-0.15, -0.1) is 10.2 Å². The summed E-state index contributed by atoms with van der Waals surface area (Å²) in [6.07, 6.45) is 0. The van der Waals surface area contributed by atoms with E-state index < -0.39 is 0 Å². The van der Waals surface area contributed by atoms with Crippen LogP contribution in [-0.4, -0.2) is 32.5 Å². The lowest BCUT2D eigenvalue weighted by atomic mass is 10.1. The number of benzene rings is 1. The molecule has 1 aromatic carbocycles. The third kappa shape index (κ3) is 4.25. The number of hydrogen-bond acceptors (Lipinski definition) is 7. The number of aromatic nitrogens is 3. The van der Waals surface area contributed by atoms with Crippen molar-refractivity contribution < 1.29 is 14.0 Å². The van der Waals surface area contributed by atoms with E-state index in [-0.39, 0.29) is 23.1 Å². The van der Waals surface area contributed by atoms with E-state index in [1.807, 2.05) is 0 Å². The third-order valence-corrected chi connectivity index (χ3v) is 5.89. The van der Waals surface area contributed by atoms with Gasteiger partial charge in [0.25, 0.3) is 0 Å². The number of hydrogen-bond donors (Lipinski definition) is 2. The molecule has 0 bridgehead atoms. The SMILES string of the molecule is CC(=O)c1c(C)[nH]c(C(=O)CSc2nnc(Nc3ccccc3F)s2)c1C. The summed E-state index contributed by atoms with van der Waals surface area (Å²) in [6, 6.07) is 6.29. The van der Waals surface area contributed by atoms with Gasteiger partial charge in [-0.2, -0.15) is 0 Å². The highest BCUT2D eigenvalue weighted by molar-refractivity contribution is 8.01. The number of nitrogens with one attached hydrogen (secondary N) is 2. The summed E-state index contributed by atoms with van der Waals surface area (Å²) in [5.41, 5.74) is 2.69. The second-order valence-electron chi connectivity index (χ2n) is 5.87. The zero-order valence-corrected chi connectivity index (χ0v) is 16.6. The van der Waals surface area contributed by atoms with Crippen LogP contribution >= 0.6 is 23.1 Å². The van der Waals surface area contributed by atoms with Crippen LogP contribution in [0.15, 0.2) is 28.6 Å². The predicted octanol–water partition coefficient (Wildman–Crippen LogP) is 4.54. The lowest BCUT2D eigenvalue weighted by Crippen LogP contribution is -2.05. The Balaban J connectivity index is 1.65. The summed E-state index contributed by atoms with van der Waals surface area (Å²) in [5, 5.41) is 11.3. The monoisotopic (exact) mass is 404 g/mol. The average Bonchev–Trinajstić information content (AvgIpc) is 3.18. The topological polar surface area (TPSA) is 87.7 Å². The molecule has 3 rings (SSSR count). The minimum absolute atomic E-state index is 0.0686. The summed E-state index contributed by atoms with van der Waals surface area (Å²) >= 11 is 2.49. The van der Waals surface area contributed by atoms with Gasteiger partial charge in [0.05, 0.1) is 17.1 Å². The number of H-pyrrole nitrogens is 1. The molecule has 0 saturated carbocycles. The molecule has 9 heteroatoms. The molecule has 0 aliphatic carbocycles. The van der Waals surface area contributed by atoms with Gasteiger partial charge >= 0.3 is 0 Å². The van der Waals surface area contributed by atoms with E-state index >= 15 is 0 Å². The molecule has 0 aliphatic rings. The van der Waals surface area contributed by atoms with Crippen LogP contribution in [0.1, 0.15) is 39.0 Å². The van der Waals surface area contributed by atoms with E-state index in [1.54, 1.807) is 32.0 Å². The van der Waals surface area contributed by atoms with E-state index in [2.05, 4.69) is 20.5 Å². The van der Waals surface area contributed by atoms with Gasteiger partial charge in [0, 0.05) is 11.3 Å². The van der Waals surface area contributed by atoms with Crippen LogP contribution < -0.4 is 5.32 Å². The van der Waals surface area contributed by atoms with Crippen LogP contribution in [-0.2, 0) is 0 Å². The normalized spacial score (nSPS) is 10.8. The number of halogens is 1. The highest BCUT2D eigenvalue weighted by Crippen LogP contribution is 2.29. The molecule has 27 heavy (non-hydrogen) atoms. The molecule has 0 unspecified atom stereocenters. The van der Waals surface area contributed by atoms with Crippen LogP contribution in [0, 0.1) is 19.7 Å². The number of carbonyl (C=O) groups is 2. The molecule has 2 heterocycles. The zero-order valence-electron chi connectivity index (χ0n) is 14.9. The molecule has 3 aromatic rings. The van der Waals surface area contributed by atoms with Gasteiger partial charge in [-0.1, -0.05) is 35.2 Å². The van der Waals surface area contributed by atoms with Crippen LogP contribution in [0.3, 0.4) is 0 Å². The molecule has 140 valence electrons. The van der Waals surface area contributed by atoms with Crippen LogP contribution in [0.25, 0.3) is 0 Å². The highest BCUT2D eigenvalue weighted by atomic mass is 32.2. The van der Waals surface area contributed by atoms with E-state index in [1.165, 1.54) is 36.1 Å². The molecule has 0 atom stereocenters. The smallest absolute Gasteiger partial charge is 0.210 e. The van der Waals surface area contributed by atoms with Gasteiger partial charge in [0.2, 0.25) is 5.13 Å². The molecular weight excluding hydrogens is 387 g/mol. The summed E-state index contributed by atoms with van der Waals surface area (Å²) in [6.45, 7) is 5.02. The number of para-hydroxylation sites is 1. The Bertz CT molecular complexity index is 1010. The van der Waals surface area contributed by atoms with Gasteiger partial charge in [-0.3, -0.25) is 9.59 Å². The molecule has 0 aliphatic heterocycles. The van der Waals surface area contributed by atoms with Crippen LogP contribution in [0.4, 0.5) is 15.2 Å². The fraction of sp³-hybridized carbons (Fsp3) is 0.222. The number of Topliss-reactive ketones (excluding diaryl/α,β-unsaturated/α-hetero) is 2. The maximum absolute atomic E-state index is 13.7. The second-order valence-corrected chi connectivity index (χ2v) is 8.07. The number of aryl methyl sites for hydroxylation is 1. The van der Waals surface area contributed by atoms with Gasteiger partial charge in [-0.25, -0.2) is 4.39 Å². The Labute approximate surface area is 163 Å². The van der Waals surface area contributed by atoms with E-state index in [0.29, 0.717) is 37.7 Å². The fourth-order valence-electron chi connectivity index (χ4n) is 2.75. The number of anilines is 2. The number of nitrogens with zero attached hydrogens (tertiary/aromatic N) is 2. The Kier molecular flexibility index (Phi) is 5.71. The van der Waals surface area contributed by atoms with Gasteiger partial charge in [0.1, 0.15) is 5.82 Å². The molecule has 0 amide bonds. The summed E-state index contributed by atoms with van der Waals surface area (Å²) < 4.78 is 14.3. The van der Waals surface area contributed by atoms with Crippen molar-refractivity contribution in [3.63, 3.8) is 0 Å². The first kappa shape index (κ1) is 19.2. The number of aromatic amines is 1. The van der Waals surface area contributed by atoms with Crippen molar-refractivity contribution in [1.29, 1.82) is 0 Å². The first-order valence-electron chi connectivity index (χ1n) is 8.08. The highest BCUT2D eigenvalue weighted by Gasteiger charge is 2.20. The maximum atomic E-state index is 13.7. The molecule has 0 fully saturated rings. The van der Waals surface area contributed by atoms with E-state index in [4.69, 9.17) is 0 Å². The Morgan fingerprint density at radius 1 is 1.26 bits per heavy atom. The lowest BCUT2D eigenvalue weighted by molar-refractivity contribution is 0.101. The number of rotatable bonds is 7. The summed E-state index contributed by atoms with van der Waals surface area (Å²) in [7, 11) is 0. The van der Waals surface area contributed by atoms with E-state index in [0.717, 1.165) is 0 Å². The minimum atomic E-state index is -0.379. The molecular formula is C18H17FN4O2S2. The zero-order chi connectivity index (χ0) is 19.6. The van der Waals surface area contributed by atoms with Gasteiger partial charge in [0.15, 0.2) is 15.9 Å². The van der Waals surface area contributed by atoms with Crippen molar-refractivity contribution in [2.75, 3.05) is 11.1 Å². The molecule has 2 N–H and O–H groups in total. The average molecular weight is 404 g/mol. The van der Waals surface area contributed by atoms with Gasteiger partial charge < -0.3 is 10.3 Å². The summed E-state index contributed by atoms with van der Waals surface area (Å²) in [4.78, 5) is 27.2. The molecule has 6 nitrogen and oxygen atoms in total. The van der Waals surface area contributed by atoms with Crippen molar-refractivity contribution in [2.24, 2.45) is 0 Å². The number of carbonyl (C=O) groups excluding carboxylic acids is 2. The standard InChI is InChI=1S/C18H17FN4O2S2/c1-9-15(11(3)24)10(2)20-16(9)14(25)8-26-18-23-22-17(27-18)21-13-7-5-4-6-12(13)19/h4-7,20H,8H2,1-3H3,(H,21,22). The van der Waals surface area contributed by atoms with Gasteiger partial charge in [-0.05, 0) is 38.5 Å². The summed E-state index contributed by atoms with van der Waals surface area (Å²) in [5.74, 6) is -0.407. The first-order valence-corrected chi connectivity index (χ1v) is 9.88. The van der Waals surface area contributed by atoms with Crippen molar-refractivity contribution >= 4 is 45.5 Å². The van der Waals surface area contributed by atoms with Crippen molar-refractivity contribution in [2.45, 2.75) is 25.1 Å². The van der Waals surface area contributed by atoms with Crippen molar-refractivity contribution in [1.82, 2.24) is 15.2 Å². The Morgan fingerprint density at radius 3 is 2.67 bits per heavy atom. The molecule has 0 spiro atoms. The minimum Gasteiger partial charge on any atom is -0.355 e. The quantitative estimate of drug-likeness (QED) is 0.444. The maximum Gasteiger partial charge on any atom is 0.210 e.